The SMILES string of the molecule is NC(=O)c1ccc(CNC2CCc3ccccc32)cc1. The van der Waals surface area contributed by atoms with Gasteiger partial charge in [0.2, 0.25) is 5.91 Å². The molecule has 1 aliphatic rings. The van der Waals surface area contributed by atoms with Crippen LogP contribution < -0.4 is 11.1 Å². The Bertz CT molecular complexity index is 619. The molecular weight excluding hydrogens is 248 g/mol. The fourth-order valence-electron chi connectivity index (χ4n) is 2.80. The maximum Gasteiger partial charge on any atom is 0.248 e. The van der Waals surface area contributed by atoms with E-state index in [1.807, 2.05) is 12.1 Å². The van der Waals surface area contributed by atoms with Gasteiger partial charge in [0.05, 0.1) is 0 Å². The van der Waals surface area contributed by atoms with Crippen LogP contribution in [0.25, 0.3) is 0 Å². The molecule has 1 unspecified atom stereocenters. The van der Waals surface area contributed by atoms with Gasteiger partial charge in [0.25, 0.3) is 0 Å². The molecule has 3 N–H and O–H groups in total. The summed E-state index contributed by atoms with van der Waals surface area (Å²) < 4.78 is 0. The molecule has 0 spiro atoms. The van der Waals surface area contributed by atoms with Crippen LogP contribution in [-0.4, -0.2) is 5.91 Å². The van der Waals surface area contributed by atoms with Gasteiger partial charge >= 0.3 is 0 Å². The zero-order valence-corrected chi connectivity index (χ0v) is 11.3. The molecule has 1 amide bonds. The minimum Gasteiger partial charge on any atom is -0.366 e. The van der Waals surface area contributed by atoms with Crippen molar-refractivity contribution in [2.24, 2.45) is 5.73 Å². The van der Waals surface area contributed by atoms with E-state index in [4.69, 9.17) is 5.73 Å². The molecule has 0 aromatic heterocycles. The number of aryl methyl sites for hydroxylation is 1. The number of nitrogens with two attached hydrogens (primary N) is 1. The number of hydrogen-bond acceptors (Lipinski definition) is 2. The lowest BCUT2D eigenvalue weighted by atomic mass is 10.1. The first kappa shape index (κ1) is 12.9. The highest BCUT2D eigenvalue weighted by atomic mass is 16.1. The zero-order valence-electron chi connectivity index (χ0n) is 11.3. The van der Waals surface area contributed by atoms with Crippen LogP contribution in [0.2, 0.25) is 0 Å². The number of amides is 1. The van der Waals surface area contributed by atoms with Gasteiger partial charge in [-0.1, -0.05) is 36.4 Å². The molecule has 3 nitrogen and oxygen atoms in total. The fraction of sp³-hybridized carbons (Fsp3) is 0.235. The third-order valence-corrected chi connectivity index (χ3v) is 3.92. The van der Waals surface area contributed by atoms with Crippen molar-refractivity contribution in [3.8, 4) is 0 Å². The molecule has 0 fully saturated rings. The molecule has 0 saturated carbocycles. The molecule has 0 radical (unpaired) electrons. The molecule has 102 valence electrons. The molecule has 3 heteroatoms. The van der Waals surface area contributed by atoms with E-state index in [1.54, 1.807) is 12.1 Å². The summed E-state index contributed by atoms with van der Waals surface area (Å²) >= 11 is 0. The van der Waals surface area contributed by atoms with Crippen LogP contribution in [0.15, 0.2) is 48.5 Å². The standard InChI is InChI=1S/C17H18N2O/c18-17(20)14-7-5-12(6-8-14)11-19-16-10-9-13-3-1-2-4-15(13)16/h1-8,16,19H,9-11H2,(H2,18,20). The van der Waals surface area contributed by atoms with Crippen molar-refractivity contribution in [2.75, 3.05) is 0 Å². The van der Waals surface area contributed by atoms with Crippen molar-refractivity contribution in [2.45, 2.75) is 25.4 Å². The molecule has 2 aromatic carbocycles. The second-order valence-corrected chi connectivity index (χ2v) is 5.23. The summed E-state index contributed by atoms with van der Waals surface area (Å²) in [7, 11) is 0. The molecule has 3 rings (SSSR count). The molecular formula is C17H18N2O. The predicted molar refractivity (Wildman–Crippen MR) is 79.3 cm³/mol. The van der Waals surface area contributed by atoms with Crippen molar-refractivity contribution >= 4 is 5.91 Å². The number of primary amides is 1. The van der Waals surface area contributed by atoms with E-state index in [0.717, 1.165) is 19.4 Å². The van der Waals surface area contributed by atoms with E-state index < -0.39 is 0 Å². The Labute approximate surface area is 118 Å². The van der Waals surface area contributed by atoms with Crippen LogP contribution in [0.1, 0.15) is 39.5 Å². The van der Waals surface area contributed by atoms with Crippen molar-refractivity contribution in [3.63, 3.8) is 0 Å². The van der Waals surface area contributed by atoms with Gasteiger partial charge in [-0.3, -0.25) is 4.79 Å². The maximum absolute atomic E-state index is 11.0. The summed E-state index contributed by atoms with van der Waals surface area (Å²) in [4.78, 5) is 11.0. The number of benzene rings is 2. The number of rotatable bonds is 4. The molecule has 1 aliphatic carbocycles. The average Bonchev–Trinajstić information content (AvgIpc) is 2.89. The monoisotopic (exact) mass is 266 g/mol. The summed E-state index contributed by atoms with van der Waals surface area (Å²) in [5.74, 6) is -0.380. The summed E-state index contributed by atoms with van der Waals surface area (Å²) in [6.45, 7) is 0.804. The average molecular weight is 266 g/mol. The van der Waals surface area contributed by atoms with Crippen LogP contribution >= 0.6 is 0 Å². The largest absolute Gasteiger partial charge is 0.366 e. The third kappa shape index (κ3) is 2.58. The zero-order chi connectivity index (χ0) is 13.9. The first-order chi connectivity index (χ1) is 9.74. The summed E-state index contributed by atoms with van der Waals surface area (Å²) in [5, 5.41) is 3.59. The van der Waals surface area contributed by atoms with Crippen LogP contribution in [0.3, 0.4) is 0 Å². The van der Waals surface area contributed by atoms with Gasteiger partial charge in [0.15, 0.2) is 0 Å². The van der Waals surface area contributed by atoms with Gasteiger partial charge in [-0.15, -0.1) is 0 Å². The van der Waals surface area contributed by atoms with Gasteiger partial charge in [-0.2, -0.15) is 0 Å². The topological polar surface area (TPSA) is 55.1 Å². The second-order valence-electron chi connectivity index (χ2n) is 5.23. The van der Waals surface area contributed by atoms with E-state index in [1.165, 1.54) is 16.7 Å². The number of hydrogen-bond donors (Lipinski definition) is 2. The lowest BCUT2D eigenvalue weighted by Crippen LogP contribution is -2.18. The Kier molecular flexibility index (Phi) is 3.52. The van der Waals surface area contributed by atoms with Crippen LogP contribution in [0.5, 0.6) is 0 Å². The molecule has 2 aromatic rings. The highest BCUT2D eigenvalue weighted by molar-refractivity contribution is 5.92. The molecule has 0 bridgehead atoms. The summed E-state index contributed by atoms with van der Waals surface area (Å²) in [5.41, 5.74) is 9.83. The molecule has 0 aliphatic heterocycles. The first-order valence-electron chi connectivity index (χ1n) is 6.94. The Hall–Kier alpha value is -2.13. The van der Waals surface area contributed by atoms with E-state index in [0.29, 0.717) is 11.6 Å². The lowest BCUT2D eigenvalue weighted by Gasteiger charge is -2.14. The van der Waals surface area contributed by atoms with Gasteiger partial charge < -0.3 is 11.1 Å². The number of carbonyl (C=O) groups excluding carboxylic acids is 1. The number of fused-ring (bicyclic) bond motifs is 1. The molecule has 0 saturated heterocycles. The smallest absolute Gasteiger partial charge is 0.248 e. The van der Waals surface area contributed by atoms with Gasteiger partial charge in [-0.05, 0) is 41.7 Å². The Morgan fingerprint density at radius 3 is 2.65 bits per heavy atom. The highest BCUT2D eigenvalue weighted by Gasteiger charge is 2.20. The highest BCUT2D eigenvalue weighted by Crippen LogP contribution is 2.30. The van der Waals surface area contributed by atoms with Gasteiger partial charge in [-0.25, -0.2) is 0 Å². The lowest BCUT2D eigenvalue weighted by molar-refractivity contribution is 0.100. The quantitative estimate of drug-likeness (QED) is 0.893. The van der Waals surface area contributed by atoms with Gasteiger partial charge in [0.1, 0.15) is 0 Å². The summed E-state index contributed by atoms with van der Waals surface area (Å²) in [6.07, 6.45) is 2.30. The van der Waals surface area contributed by atoms with Gasteiger partial charge in [0, 0.05) is 18.2 Å². The predicted octanol–water partition coefficient (Wildman–Crippen LogP) is 2.56. The first-order valence-corrected chi connectivity index (χ1v) is 6.94. The van der Waals surface area contributed by atoms with Crippen molar-refractivity contribution in [3.05, 3.63) is 70.8 Å². The van der Waals surface area contributed by atoms with E-state index in [2.05, 4.69) is 29.6 Å². The Balaban J connectivity index is 1.64. The Morgan fingerprint density at radius 1 is 1.15 bits per heavy atom. The minimum atomic E-state index is -0.380. The van der Waals surface area contributed by atoms with Crippen molar-refractivity contribution in [1.82, 2.24) is 5.32 Å². The summed E-state index contributed by atoms with van der Waals surface area (Å²) in [6, 6.07) is 16.5. The van der Waals surface area contributed by atoms with Crippen LogP contribution in [0, 0.1) is 0 Å². The third-order valence-electron chi connectivity index (χ3n) is 3.92. The van der Waals surface area contributed by atoms with Crippen LogP contribution in [0.4, 0.5) is 0 Å². The number of nitrogens with one attached hydrogen (secondary N) is 1. The number of carbonyl (C=O) groups is 1. The minimum absolute atomic E-state index is 0.380. The van der Waals surface area contributed by atoms with E-state index in [9.17, 15) is 4.79 Å². The molecule has 20 heavy (non-hydrogen) atoms. The van der Waals surface area contributed by atoms with Crippen LogP contribution in [-0.2, 0) is 13.0 Å². The van der Waals surface area contributed by atoms with Crippen molar-refractivity contribution < 1.29 is 4.79 Å². The fourth-order valence-corrected chi connectivity index (χ4v) is 2.80. The van der Waals surface area contributed by atoms with Crippen molar-refractivity contribution in [1.29, 1.82) is 0 Å². The van der Waals surface area contributed by atoms with E-state index in [-0.39, 0.29) is 5.91 Å². The molecule has 1 atom stereocenters. The normalized spacial score (nSPS) is 16.9. The Morgan fingerprint density at radius 2 is 1.90 bits per heavy atom. The maximum atomic E-state index is 11.0. The second kappa shape index (κ2) is 5.47. The molecule has 0 heterocycles. The van der Waals surface area contributed by atoms with E-state index >= 15 is 0 Å².